The van der Waals surface area contributed by atoms with Gasteiger partial charge in [-0.2, -0.15) is 0 Å². The summed E-state index contributed by atoms with van der Waals surface area (Å²) in [5, 5.41) is 3.43. The molecule has 1 aliphatic heterocycles. The van der Waals surface area contributed by atoms with Crippen LogP contribution in [0.5, 0.6) is 5.75 Å². The Morgan fingerprint density at radius 1 is 0.968 bits per heavy atom. The number of nitrogens with one attached hydrogen (secondary N) is 1. The van der Waals surface area contributed by atoms with E-state index >= 15 is 0 Å². The highest BCUT2D eigenvalue weighted by atomic mass is 35.5. The molecule has 0 unspecified atom stereocenters. The molecule has 0 saturated carbocycles. The van der Waals surface area contributed by atoms with Crippen LogP contribution >= 0.6 is 11.6 Å². The molecule has 4 rings (SSSR count). The molecule has 31 heavy (non-hydrogen) atoms. The van der Waals surface area contributed by atoms with Crippen molar-refractivity contribution in [3.63, 3.8) is 0 Å². The second-order valence-electron chi connectivity index (χ2n) is 7.01. The fraction of sp³-hybridized carbons (Fsp3) is 0.0833. The van der Waals surface area contributed by atoms with Gasteiger partial charge in [0.25, 0.3) is 11.8 Å². The Morgan fingerprint density at radius 3 is 2.39 bits per heavy atom. The van der Waals surface area contributed by atoms with E-state index in [2.05, 4.69) is 5.32 Å². The first-order valence-corrected chi connectivity index (χ1v) is 9.83. The number of hydrogen-bond donors (Lipinski definition) is 1. The Kier molecular flexibility index (Phi) is 5.48. The third kappa shape index (κ3) is 3.90. The summed E-state index contributed by atoms with van der Waals surface area (Å²) in [6.45, 7) is 1.85. The standard InChI is InChI=1S/C24H18ClFN2O3/c1-14-6-11-20(31-2)19(12-14)28-23(29)21(15-7-9-16(25)10-8-15)22(24(28)30)27-18-5-3-4-17(26)13-18/h3-13,27H,1-2H3. The molecular formula is C24H18ClFN2O3. The topological polar surface area (TPSA) is 58.6 Å². The minimum absolute atomic E-state index is 0.0430. The molecule has 1 aliphatic rings. The maximum Gasteiger partial charge on any atom is 0.282 e. The number of rotatable bonds is 5. The average molecular weight is 437 g/mol. The molecular weight excluding hydrogens is 419 g/mol. The normalized spacial score (nSPS) is 13.7. The number of nitrogens with zero attached hydrogens (tertiary/aromatic N) is 1. The summed E-state index contributed by atoms with van der Waals surface area (Å²) >= 11 is 6.00. The molecule has 0 saturated heterocycles. The van der Waals surface area contributed by atoms with E-state index in [0.717, 1.165) is 10.5 Å². The molecule has 0 spiro atoms. The first-order valence-electron chi connectivity index (χ1n) is 9.45. The van der Waals surface area contributed by atoms with E-state index in [4.69, 9.17) is 16.3 Å². The van der Waals surface area contributed by atoms with Crippen molar-refractivity contribution >= 4 is 40.4 Å². The number of halogens is 2. The molecule has 156 valence electrons. The van der Waals surface area contributed by atoms with Crippen molar-refractivity contribution in [1.82, 2.24) is 0 Å². The Bertz CT molecular complexity index is 1220. The van der Waals surface area contributed by atoms with Gasteiger partial charge >= 0.3 is 0 Å². The molecule has 0 bridgehead atoms. The van der Waals surface area contributed by atoms with Gasteiger partial charge in [0.05, 0.1) is 18.4 Å². The summed E-state index contributed by atoms with van der Waals surface area (Å²) in [5.74, 6) is -1.17. The number of methoxy groups -OCH3 is 1. The minimum Gasteiger partial charge on any atom is -0.495 e. The summed E-state index contributed by atoms with van der Waals surface area (Å²) in [6.07, 6.45) is 0. The van der Waals surface area contributed by atoms with Crippen molar-refractivity contribution in [2.45, 2.75) is 6.92 Å². The highest BCUT2D eigenvalue weighted by Gasteiger charge is 2.41. The van der Waals surface area contributed by atoms with E-state index in [-0.39, 0.29) is 11.3 Å². The first-order chi connectivity index (χ1) is 14.9. The quantitative estimate of drug-likeness (QED) is 0.559. The van der Waals surface area contributed by atoms with Gasteiger partial charge < -0.3 is 10.1 Å². The zero-order valence-corrected chi connectivity index (χ0v) is 17.5. The van der Waals surface area contributed by atoms with Gasteiger partial charge in [0.15, 0.2) is 0 Å². The van der Waals surface area contributed by atoms with E-state index < -0.39 is 17.6 Å². The molecule has 5 nitrogen and oxygen atoms in total. The van der Waals surface area contributed by atoms with Crippen molar-refractivity contribution < 1.29 is 18.7 Å². The predicted octanol–water partition coefficient (Wildman–Crippen LogP) is 5.19. The molecule has 3 aromatic rings. The summed E-state index contributed by atoms with van der Waals surface area (Å²) in [6, 6.07) is 17.5. The number of carbonyl (C=O) groups excluding carboxylic acids is 2. The fourth-order valence-corrected chi connectivity index (χ4v) is 3.56. The van der Waals surface area contributed by atoms with Gasteiger partial charge in [0, 0.05) is 10.7 Å². The summed E-state index contributed by atoms with van der Waals surface area (Å²) in [7, 11) is 1.47. The number of hydrogen-bond acceptors (Lipinski definition) is 4. The molecule has 1 heterocycles. The van der Waals surface area contributed by atoms with Crippen LogP contribution in [0.1, 0.15) is 11.1 Å². The van der Waals surface area contributed by atoms with Crippen LogP contribution in [0.2, 0.25) is 5.02 Å². The lowest BCUT2D eigenvalue weighted by Gasteiger charge is -2.19. The Labute approximate surface area is 183 Å². The highest BCUT2D eigenvalue weighted by molar-refractivity contribution is 6.46. The van der Waals surface area contributed by atoms with Gasteiger partial charge in [0.2, 0.25) is 0 Å². The van der Waals surface area contributed by atoms with Crippen molar-refractivity contribution in [1.29, 1.82) is 0 Å². The molecule has 1 N–H and O–H groups in total. The van der Waals surface area contributed by atoms with Crippen molar-refractivity contribution in [3.8, 4) is 5.75 Å². The van der Waals surface area contributed by atoms with Gasteiger partial charge in [-0.3, -0.25) is 9.59 Å². The summed E-state index contributed by atoms with van der Waals surface area (Å²) < 4.78 is 19.1. The number of imide groups is 1. The van der Waals surface area contributed by atoms with Crippen LogP contribution < -0.4 is 15.0 Å². The molecule has 0 aliphatic carbocycles. The molecule has 0 fully saturated rings. The van der Waals surface area contributed by atoms with E-state index in [1.807, 2.05) is 13.0 Å². The zero-order chi connectivity index (χ0) is 22.1. The Morgan fingerprint density at radius 2 is 1.71 bits per heavy atom. The van der Waals surface area contributed by atoms with Crippen LogP contribution in [0.15, 0.2) is 72.4 Å². The number of aryl methyl sites for hydroxylation is 1. The third-order valence-corrected chi connectivity index (χ3v) is 5.14. The minimum atomic E-state index is -0.567. The van der Waals surface area contributed by atoms with Gasteiger partial charge in [-0.05, 0) is 60.5 Å². The molecule has 0 aromatic heterocycles. The van der Waals surface area contributed by atoms with Gasteiger partial charge in [-0.15, -0.1) is 0 Å². The summed E-state index contributed by atoms with van der Waals surface area (Å²) in [4.78, 5) is 28.0. The zero-order valence-electron chi connectivity index (χ0n) is 16.8. The first kappa shape index (κ1) is 20.6. The van der Waals surface area contributed by atoms with E-state index in [1.54, 1.807) is 42.5 Å². The number of ether oxygens (including phenoxy) is 1. The van der Waals surface area contributed by atoms with E-state index in [0.29, 0.717) is 27.7 Å². The molecule has 2 amide bonds. The molecule has 0 atom stereocenters. The highest BCUT2D eigenvalue weighted by Crippen LogP contribution is 2.38. The van der Waals surface area contributed by atoms with Crippen molar-refractivity contribution in [3.05, 3.63) is 94.4 Å². The smallest absolute Gasteiger partial charge is 0.282 e. The molecule has 7 heteroatoms. The Hall–Kier alpha value is -3.64. The summed E-state index contributed by atoms with van der Waals surface area (Å²) in [5.41, 5.74) is 2.25. The Balaban J connectivity index is 1.86. The second-order valence-corrected chi connectivity index (χ2v) is 7.45. The van der Waals surface area contributed by atoms with Crippen LogP contribution in [0, 0.1) is 12.7 Å². The lowest BCUT2D eigenvalue weighted by molar-refractivity contribution is -0.120. The monoisotopic (exact) mass is 436 g/mol. The number of carbonyl (C=O) groups is 2. The van der Waals surface area contributed by atoms with Crippen LogP contribution in [-0.2, 0) is 9.59 Å². The molecule has 3 aromatic carbocycles. The number of anilines is 2. The predicted molar refractivity (Wildman–Crippen MR) is 119 cm³/mol. The van der Waals surface area contributed by atoms with Gasteiger partial charge in [-0.1, -0.05) is 35.9 Å². The maximum absolute atomic E-state index is 13.7. The van der Waals surface area contributed by atoms with E-state index in [1.165, 1.54) is 25.3 Å². The van der Waals surface area contributed by atoms with E-state index in [9.17, 15) is 14.0 Å². The van der Waals surface area contributed by atoms with Crippen molar-refractivity contribution in [2.75, 3.05) is 17.3 Å². The maximum atomic E-state index is 13.7. The van der Waals surface area contributed by atoms with Gasteiger partial charge in [-0.25, -0.2) is 9.29 Å². The molecule has 0 radical (unpaired) electrons. The third-order valence-electron chi connectivity index (χ3n) is 4.89. The largest absolute Gasteiger partial charge is 0.495 e. The lowest BCUT2D eigenvalue weighted by atomic mass is 10.0. The van der Waals surface area contributed by atoms with Crippen molar-refractivity contribution in [2.24, 2.45) is 0 Å². The average Bonchev–Trinajstić information content (AvgIpc) is 2.98. The number of benzene rings is 3. The van der Waals surface area contributed by atoms with Crippen LogP contribution in [0.4, 0.5) is 15.8 Å². The lowest BCUT2D eigenvalue weighted by Crippen LogP contribution is -2.32. The fourth-order valence-electron chi connectivity index (χ4n) is 3.43. The van der Waals surface area contributed by atoms with Crippen LogP contribution in [0.3, 0.4) is 0 Å². The van der Waals surface area contributed by atoms with Crippen LogP contribution in [-0.4, -0.2) is 18.9 Å². The SMILES string of the molecule is COc1ccc(C)cc1N1C(=O)C(Nc2cccc(F)c2)=C(c2ccc(Cl)cc2)C1=O. The van der Waals surface area contributed by atoms with Crippen LogP contribution in [0.25, 0.3) is 5.57 Å². The van der Waals surface area contributed by atoms with Gasteiger partial charge in [0.1, 0.15) is 17.3 Å². The number of amides is 2. The second kappa shape index (κ2) is 8.24.